The summed E-state index contributed by atoms with van der Waals surface area (Å²) in [5, 5.41) is 13.6. The zero-order chi connectivity index (χ0) is 16.9. The highest BCUT2D eigenvalue weighted by molar-refractivity contribution is 5.97. The fourth-order valence-electron chi connectivity index (χ4n) is 2.48. The van der Waals surface area contributed by atoms with E-state index in [0.717, 1.165) is 19.3 Å². The zero-order valence-electron chi connectivity index (χ0n) is 12.9. The first-order valence-corrected chi connectivity index (χ1v) is 7.39. The van der Waals surface area contributed by atoms with Gasteiger partial charge in [-0.05, 0) is 43.5 Å². The van der Waals surface area contributed by atoms with Gasteiger partial charge in [0.2, 0.25) is 5.91 Å². The topological polar surface area (TPSA) is 105 Å². The first-order valence-electron chi connectivity index (χ1n) is 7.39. The Kier molecular flexibility index (Phi) is 5.33. The van der Waals surface area contributed by atoms with Crippen molar-refractivity contribution >= 4 is 23.5 Å². The van der Waals surface area contributed by atoms with Gasteiger partial charge >= 0.3 is 5.97 Å². The Morgan fingerprint density at radius 3 is 2.35 bits per heavy atom. The molecule has 3 N–H and O–H groups in total. The maximum Gasteiger partial charge on any atom is 0.322 e. The van der Waals surface area contributed by atoms with Crippen LogP contribution in [0.1, 0.15) is 36.0 Å². The second kappa shape index (κ2) is 7.23. The first kappa shape index (κ1) is 17.0. The third-order valence-corrected chi connectivity index (χ3v) is 4.01. The van der Waals surface area contributed by atoms with E-state index < -0.39 is 18.4 Å². The molecule has 124 valence electrons. The van der Waals surface area contributed by atoms with Crippen LogP contribution in [0.25, 0.3) is 0 Å². The van der Waals surface area contributed by atoms with Crippen LogP contribution >= 0.6 is 0 Å². The van der Waals surface area contributed by atoms with Crippen molar-refractivity contribution in [2.75, 3.05) is 19.0 Å². The Morgan fingerprint density at radius 1 is 1.22 bits per heavy atom. The van der Waals surface area contributed by atoms with Crippen molar-refractivity contribution < 1.29 is 24.2 Å². The van der Waals surface area contributed by atoms with Crippen LogP contribution in [0.15, 0.2) is 24.3 Å². The van der Waals surface area contributed by atoms with Gasteiger partial charge in [0, 0.05) is 18.4 Å². The SMILES string of the molecule is COC1(CC(=O)Nc2ccc(C(=O)NCC(=O)O)cc2)CCC1. The van der Waals surface area contributed by atoms with Gasteiger partial charge < -0.3 is 20.5 Å². The Hall–Kier alpha value is -2.41. The zero-order valence-corrected chi connectivity index (χ0v) is 12.9. The molecule has 2 rings (SSSR count). The molecule has 23 heavy (non-hydrogen) atoms. The number of carbonyl (C=O) groups excluding carboxylic acids is 2. The van der Waals surface area contributed by atoms with Crippen LogP contribution in [0.4, 0.5) is 5.69 Å². The summed E-state index contributed by atoms with van der Waals surface area (Å²) in [6, 6.07) is 6.27. The second-order valence-corrected chi connectivity index (χ2v) is 5.62. The Labute approximate surface area is 134 Å². The van der Waals surface area contributed by atoms with Crippen LogP contribution in [0, 0.1) is 0 Å². The molecule has 0 radical (unpaired) electrons. The number of methoxy groups -OCH3 is 1. The predicted octanol–water partition coefficient (Wildman–Crippen LogP) is 1.40. The van der Waals surface area contributed by atoms with Crippen LogP contribution in [0.5, 0.6) is 0 Å². The molecule has 1 aliphatic rings. The number of ether oxygens (including phenoxy) is 1. The summed E-state index contributed by atoms with van der Waals surface area (Å²) in [6.45, 7) is -0.434. The molecule has 0 atom stereocenters. The molecule has 0 spiro atoms. The highest BCUT2D eigenvalue weighted by Crippen LogP contribution is 2.38. The lowest BCUT2D eigenvalue weighted by Crippen LogP contribution is -2.42. The molecule has 0 unspecified atom stereocenters. The van der Waals surface area contributed by atoms with Crippen LogP contribution in [0.3, 0.4) is 0 Å². The highest BCUT2D eigenvalue weighted by atomic mass is 16.5. The molecule has 1 aliphatic carbocycles. The number of carboxylic acids is 1. The van der Waals surface area contributed by atoms with Crippen LogP contribution in [0.2, 0.25) is 0 Å². The molecule has 1 fully saturated rings. The van der Waals surface area contributed by atoms with Crippen LogP contribution < -0.4 is 10.6 Å². The maximum atomic E-state index is 12.0. The standard InChI is InChI=1S/C16H20N2O5/c1-23-16(7-2-8-16)9-13(19)18-12-5-3-11(4-6-12)15(22)17-10-14(20)21/h3-6H,2,7-10H2,1H3,(H,17,22)(H,18,19)(H,20,21). The second-order valence-electron chi connectivity index (χ2n) is 5.62. The van der Waals surface area contributed by atoms with Gasteiger partial charge in [-0.15, -0.1) is 0 Å². The smallest absolute Gasteiger partial charge is 0.322 e. The minimum absolute atomic E-state index is 0.130. The largest absolute Gasteiger partial charge is 0.480 e. The summed E-state index contributed by atoms with van der Waals surface area (Å²) in [5.74, 6) is -1.71. The summed E-state index contributed by atoms with van der Waals surface area (Å²) in [7, 11) is 1.62. The van der Waals surface area contributed by atoms with E-state index in [-0.39, 0.29) is 11.5 Å². The van der Waals surface area contributed by atoms with E-state index in [1.807, 2.05) is 0 Å². The fraction of sp³-hybridized carbons (Fsp3) is 0.438. The Morgan fingerprint density at radius 2 is 1.87 bits per heavy atom. The van der Waals surface area contributed by atoms with Crippen molar-refractivity contribution in [2.24, 2.45) is 0 Å². The number of amides is 2. The molecule has 7 nitrogen and oxygen atoms in total. The van der Waals surface area contributed by atoms with E-state index in [4.69, 9.17) is 9.84 Å². The normalized spacial score (nSPS) is 15.3. The lowest BCUT2D eigenvalue weighted by Gasteiger charge is -2.39. The number of rotatable bonds is 7. The maximum absolute atomic E-state index is 12.0. The van der Waals surface area contributed by atoms with E-state index in [0.29, 0.717) is 17.7 Å². The molecule has 0 aromatic heterocycles. The molecule has 1 aromatic rings. The van der Waals surface area contributed by atoms with E-state index in [1.54, 1.807) is 19.2 Å². The molecule has 7 heteroatoms. The number of nitrogens with one attached hydrogen (secondary N) is 2. The first-order chi connectivity index (χ1) is 10.9. The lowest BCUT2D eigenvalue weighted by molar-refractivity contribution is -0.135. The third-order valence-electron chi connectivity index (χ3n) is 4.01. The van der Waals surface area contributed by atoms with Crippen molar-refractivity contribution in [2.45, 2.75) is 31.3 Å². The summed E-state index contributed by atoms with van der Waals surface area (Å²) >= 11 is 0. The molecule has 0 aliphatic heterocycles. The van der Waals surface area contributed by atoms with E-state index in [9.17, 15) is 14.4 Å². The molecule has 0 bridgehead atoms. The number of anilines is 1. The minimum atomic E-state index is -1.11. The minimum Gasteiger partial charge on any atom is -0.480 e. The number of carboxylic acid groups (broad SMARTS) is 1. The van der Waals surface area contributed by atoms with Gasteiger partial charge in [-0.2, -0.15) is 0 Å². The summed E-state index contributed by atoms with van der Waals surface area (Å²) in [6.07, 6.45) is 3.16. The Balaban J connectivity index is 1.88. The quantitative estimate of drug-likeness (QED) is 0.704. The van der Waals surface area contributed by atoms with Gasteiger partial charge in [0.1, 0.15) is 6.54 Å². The lowest BCUT2D eigenvalue weighted by atomic mass is 9.77. The average molecular weight is 320 g/mol. The van der Waals surface area contributed by atoms with Crippen LogP contribution in [-0.4, -0.2) is 42.1 Å². The number of hydrogen-bond acceptors (Lipinski definition) is 4. The van der Waals surface area contributed by atoms with Crippen LogP contribution in [-0.2, 0) is 14.3 Å². The molecule has 2 amide bonds. The third kappa shape index (κ3) is 4.53. The molecule has 0 heterocycles. The van der Waals surface area contributed by atoms with Gasteiger partial charge in [0.25, 0.3) is 5.91 Å². The van der Waals surface area contributed by atoms with Gasteiger partial charge in [0.05, 0.1) is 12.0 Å². The summed E-state index contributed by atoms with van der Waals surface area (Å²) in [4.78, 5) is 34.1. The highest BCUT2D eigenvalue weighted by Gasteiger charge is 2.38. The number of aliphatic carboxylic acids is 1. The van der Waals surface area contributed by atoms with Gasteiger partial charge in [-0.25, -0.2) is 0 Å². The van der Waals surface area contributed by atoms with Crippen molar-refractivity contribution in [1.29, 1.82) is 0 Å². The van der Waals surface area contributed by atoms with Gasteiger partial charge in [-0.3, -0.25) is 14.4 Å². The molecule has 0 saturated heterocycles. The fourth-order valence-corrected chi connectivity index (χ4v) is 2.48. The monoisotopic (exact) mass is 320 g/mol. The van der Waals surface area contributed by atoms with Gasteiger partial charge in [0.15, 0.2) is 0 Å². The predicted molar refractivity (Wildman–Crippen MR) is 83.2 cm³/mol. The molecule has 1 aromatic carbocycles. The van der Waals surface area contributed by atoms with Crippen molar-refractivity contribution in [3.8, 4) is 0 Å². The molecule has 1 saturated carbocycles. The van der Waals surface area contributed by atoms with Gasteiger partial charge in [-0.1, -0.05) is 0 Å². The summed E-state index contributed by atoms with van der Waals surface area (Å²) < 4.78 is 5.42. The van der Waals surface area contributed by atoms with Crippen molar-refractivity contribution in [3.05, 3.63) is 29.8 Å². The van der Waals surface area contributed by atoms with Crippen molar-refractivity contribution in [3.63, 3.8) is 0 Å². The molecular formula is C16H20N2O5. The van der Waals surface area contributed by atoms with E-state index in [2.05, 4.69) is 10.6 Å². The molecular weight excluding hydrogens is 300 g/mol. The number of hydrogen-bond donors (Lipinski definition) is 3. The summed E-state index contributed by atoms with van der Waals surface area (Å²) in [5.41, 5.74) is 0.577. The number of benzene rings is 1. The van der Waals surface area contributed by atoms with E-state index >= 15 is 0 Å². The Bertz CT molecular complexity index is 587. The average Bonchev–Trinajstić information content (AvgIpc) is 2.49. The van der Waals surface area contributed by atoms with E-state index in [1.165, 1.54) is 12.1 Å². The van der Waals surface area contributed by atoms with Crippen molar-refractivity contribution in [1.82, 2.24) is 5.32 Å². The number of carbonyl (C=O) groups is 3.